The van der Waals surface area contributed by atoms with Gasteiger partial charge in [-0.25, -0.2) is 4.79 Å². The standard InChI is InChI=1S/C39H40NO4P/c1-29(40-38(42)44-39(2,3)4)37(41)43-28-30-20-22-31(23-21-30)32-24-26-36(27-25-32)45(33-14-8-5-9-15-33,34-16-10-6-11-17-34)35-18-12-7-13-19-35/h5-27,29,45H,28H2,1-4H3,(H,40,42). The number of hydrogen-bond acceptors (Lipinski definition) is 4. The third kappa shape index (κ3) is 7.50. The molecule has 0 spiro atoms. The molecule has 0 radical (unpaired) electrons. The summed E-state index contributed by atoms with van der Waals surface area (Å²) in [5, 5.41) is 7.84. The molecule has 1 amide bonds. The summed E-state index contributed by atoms with van der Waals surface area (Å²) in [6.45, 7) is 6.98. The van der Waals surface area contributed by atoms with Gasteiger partial charge in [-0.1, -0.05) is 0 Å². The Balaban J connectivity index is 1.36. The van der Waals surface area contributed by atoms with Gasteiger partial charge in [0, 0.05) is 0 Å². The number of amides is 1. The number of carbonyl (C=O) groups is 2. The van der Waals surface area contributed by atoms with E-state index in [2.05, 4.69) is 121 Å². The van der Waals surface area contributed by atoms with Crippen LogP contribution in [0, 0.1) is 0 Å². The van der Waals surface area contributed by atoms with Gasteiger partial charge < -0.3 is 10.1 Å². The molecule has 1 N–H and O–H groups in total. The molecule has 1 unspecified atom stereocenters. The number of nitrogens with one attached hydrogen (secondary N) is 1. The maximum atomic E-state index is 12.4. The maximum absolute atomic E-state index is 12.4. The van der Waals surface area contributed by atoms with Crippen molar-refractivity contribution >= 4 is 40.5 Å². The van der Waals surface area contributed by atoms with Crippen LogP contribution in [0.2, 0.25) is 0 Å². The Morgan fingerprint density at radius 2 is 1.02 bits per heavy atom. The predicted molar refractivity (Wildman–Crippen MR) is 187 cm³/mol. The van der Waals surface area contributed by atoms with Crippen LogP contribution in [-0.4, -0.2) is 23.7 Å². The van der Waals surface area contributed by atoms with Crippen LogP contribution in [-0.2, 0) is 20.9 Å². The fourth-order valence-electron chi connectivity index (χ4n) is 5.59. The third-order valence-corrected chi connectivity index (χ3v) is 12.5. The first-order valence-corrected chi connectivity index (χ1v) is 17.2. The van der Waals surface area contributed by atoms with E-state index in [0.717, 1.165) is 16.7 Å². The topological polar surface area (TPSA) is 64.6 Å². The van der Waals surface area contributed by atoms with Gasteiger partial charge in [0.25, 0.3) is 0 Å². The van der Waals surface area contributed by atoms with Crippen molar-refractivity contribution in [2.24, 2.45) is 0 Å². The van der Waals surface area contributed by atoms with Gasteiger partial charge in [-0.3, -0.25) is 0 Å². The molecule has 1 atom stereocenters. The fourth-order valence-corrected chi connectivity index (χ4v) is 10.3. The van der Waals surface area contributed by atoms with Gasteiger partial charge in [0.2, 0.25) is 0 Å². The molecule has 45 heavy (non-hydrogen) atoms. The summed E-state index contributed by atoms with van der Waals surface area (Å²) < 4.78 is 10.7. The molecule has 5 rings (SSSR count). The summed E-state index contributed by atoms with van der Waals surface area (Å²) in [5.41, 5.74) is 2.39. The Morgan fingerprint density at radius 1 is 0.622 bits per heavy atom. The van der Waals surface area contributed by atoms with Crippen LogP contribution >= 0.6 is 7.26 Å². The quantitative estimate of drug-likeness (QED) is 0.148. The summed E-state index contributed by atoms with van der Waals surface area (Å²) in [4.78, 5) is 24.4. The SMILES string of the molecule is CC(NC(=O)OC(C)(C)C)C(=O)OCc1ccc(-c2ccc([PH](c3ccccc3)(c3ccccc3)c3ccccc3)cc2)cc1. The molecular formula is C39H40NO4P. The average Bonchev–Trinajstić information content (AvgIpc) is 3.05. The number of esters is 1. The molecule has 0 aliphatic carbocycles. The molecule has 6 heteroatoms. The average molecular weight is 618 g/mol. The van der Waals surface area contributed by atoms with Gasteiger partial charge in [-0.05, 0) is 27.7 Å². The zero-order valence-corrected chi connectivity index (χ0v) is 27.2. The molecule has 0 saturated carbocycles. The van der Waals surface area contributed by atoms with Crippen molar-refractivity contribution in [1.82, 2.24) is 5.32 Å². The number of benzene rings is 5. The first-order chi connectivity index (χ1) is 21.7. The molecule has 5 nitrogen and oxygen atoms in total. The van der Waals surface area contributed by atoms with Crippen molar-refractivity contribution < 1.29 is 19.1 Å². The molecule has 0 bridgehead atoms. The second kappa shape index (κ2) is 13.9. The zero-order chi connectivity index (χ0) is 31.9. The van der Waals surface area contributed by atoms with E-state index < -0.39 is 31.0 Å². The number of carbonyl (C=O) groups excluding carboxylic acids is 2. The molecule has 0 fully saturated rings. The first kappa shape index (κ1) is 31.7. The molecule has 230 valence electrons. The van der Waals surface area contributed by atoms with Crippen LogP contribution in [0.3, 0.4) is 0 Å². The van der Waals surface area contributed by atoms with E-state index in [1.165, 1.54) is 21.2 Å². The van der Waals surface area contributed by atoms with Crippen molar-refractivity contribution in [3.63, 3.8) is 0 Å². The molecule has 0 aliphatic heterocycles. The summed E-state index contributed by atoms with van der Waals surface area (Å²) in [6.07, 6.45) is -0.654. The molecule has 5 aromatic carbocycles. The first-order valence-electron chi connectivity index (χ1n) is 15.2. The molecule has 5 aromatic rings. The van der Waals surface area contributed by atoms with Gasteiger partial charge in [-0.15, -0.1) is 0 Å². The number of alkyl carbamates (subject to hydrolysis) is 1. The zero-order valence-electron chi connectivity index (χ0n) is 26.2. The Bertz CT molecular complexity index is 1600. The van der Waals surface area contributed by atoms with Gasteiger partial charge >= 0.3 is 219 Å². The molecule has 0 saturated heterocycles. The monoisotopic (exact) mass is 617 g/mol. The van der Waals surface area contributed by atoms with Crippen LogP contribution < -0.4 is 26.5 Å². The van der Waals surface area contributed by atoms with Crippen LogP contribution in [0.1, 0.15) is 33.3 Å². The van der Waals surface area contributed by atoms with Crippen LogP contribution in [0.25, 0.3) is 11.1 Å². The van der Waals surface area contributed by atoms with Crippen LogP contribution in [0.15, 0.2) is 140 Å². The molecule has 0 aromatic heterocycles. The number of ether oxygens (including phenoxy) is 2. The summed E-state index contributed by atoms with van der Waals surface area (Å²) in [5.74, 6) is -0.525. The molecular weight excluding hydrogens is 577 g/mol. The summed E-state index contributed by atoms with van der Waals surface area (Å²) >= 11 is 0. The second-order valence-corrected chi connectivity index (χ2v) is 15.9. The van der Waals surface area contributed by atoms with Gasteiger partial charge in [0.15, 0.2) is 0 Å². The Hall–Kier alpha value is -4.73. The molecule has 0 heterocycles. The van der Waals surface area contributed by atoms with E-state index in [1.807, 2.05) is 24.3 Å². The van der Waals surface area contributed by atoms with E-state index in [-0.39, 0.29) is 6.61 Å². The van der Waals surface area contributed by atoms with E-state index in [0.29, 0.717) is 0 Å². The van der Waals surface area contributed by atoms with Crippen molar-refractivity contribution in [1.29, 1.82) is 0 Å². The van der Waals surface area contributed by atoms with Gasteiger partial charge in [-0.2, -0.15) is 0 Å². The van der Waals surface area contributed by atoms with Crippen molar-refractivity contribution in [3.8, 4) is 11.1 Å². The second-order valence-electron chi connectivity index (χ2n) is 12.1. The van der Waals surface area contributed by atoms with Gasteiger partial charge in [0.05, 0.1) is 0 Å². The molecule has 0 aliphatic rings. The third-order valence-electron chi connectivity index (χ3n) is 7.69. The van der Waals surface area contributed by atoms with Gasteiger partial charge in [0.1, 0.15) is 5.60 Å². The van der Waals surface area contributed by atoms with Crippen LogP contribution in [0.5, 0.6) is 0 Å². The van der Waals surface area contributed by atoms with Crippen molar-refractivity contribution in [2.45, 2.75) is 45.9 Å². The van der Waals surface area contributed by atoms with Crippen molar-refractivity contribution in [2.75, 3.05) is 0 Å². The summed E-state index contributed by atoms with van der Waals surface area (Å²) in [7, 11) is -2.57. The van der Waals surface area contributed by atoms with E-state index >= 15 is 0 Å². The normalized spacial score (nSPS) is 12.5. The van der Waals surface area contributed by atoms with E-state index in [9.17, 15) is 9.59 Å². The fraction of sp³-hybridized carbons (Fsp3) is 0.179. The van der Waals surface area contributed by atoms with E-state index in [1.54, 1.807) is 27.7 Å². The van der Waals surface area contributed by atoms with E-state index in [4.69, 9.17) is 9.47 Å². The van der Waals surface area contributed by atoms with Crippen LogP contribution in [0.4, 0.5) is 4.79 Å². The minimum absolute atomic E-state index is 0.109. The van der Waals surface area contributed by atoms with Crippen molar-refractivity contribution in [3.05, 3.63) is 145 Å². The Labute approximate surface area is 266 Å². The predicted octanol–water partition coefficient (Wildman–Crippen LogP) is 6.66. The minimum atomic E-state index is -2.57. The Morgan fingerprint density at radius 3 is 1.44 bits per heavy atom. The number of rotatable bonds is 9. The summed E-state index contributed by atoms with van der Waals surface area (Å²) in [6, 6.07) is 48.7. The number of hydrogen-bond donors (Lipinski definition) is 1. The Kier molecular flexibility index (Phi) is 9.80.